The summed E-state index contributed by atoms with van der Waals surface area (Å²) in [5.74, 6) is 0.315. The number of likely N-dealkylation sites (tertiary alicyclic amines) is 2. The highest BCUT2D eigenvalue weighted by atomic mass is 35.5. The van der Waals surface area contributed by atoms with Crippen molar-refractivity contribution in [2.24, 2.45) is 5.73 Å². The molecule has 142 valence electrons. The number of carbonyl (C=O) groups excluding carboxylic acids is 2. The SMILES string of the molecule is NC(=O)CN1CCC(Nc2ncc(C(=O)N3CCCCC3)cc2Cl)CC1. The quantitative estimate of drug-likeness (QED) is 0.812. The predicted molar refractivity (Wildman–Crippen MR) is 101 cm³/mol. The fraction of sp³-hybridized carbons (Fsp3) is 0.611. The molecule has 3 rings (SSSR count). The van der Waals surface area contributed by atoms with Gasteiger partial charge in [0.1, 0.15) is 5.82 Å². The van der Waals surface area contributed by atoms with Crippen molar-refractivity contribution in [2.75, 3.05) is 38.0 Å². The molecule has 2 aliphatic heterocycles. The van der Waals surface area contributed by atoms with Crippen LogP contribution in [0.25, 0.3) is 0 Å². The first-order valence-corrected chi connectivity index (χ1v) is 9.63. The van der Waals surface area contributed by atoms with E-state index in [2.05, 4.69) is 15.2 Å². The smallest absolute Gasteiger partial charge is 0.255 e. The van der Waals surface area contributed by atoms with Crippen molar-refractivity contribution in [3.8, 4) is 0 Å². The highest BCUT2D eigenvalue weighted by Crippen LogP contribution is 2.24. The van der Waals surface area contributed by atoms with Crippen LogP contribution in [0.5, 0.6) is 0 Å². The van der Waals surface area contributed by atoms with Gasteiger partial charge in [-0.1, -0.05) is 11.6 Å². The summed E-state index contributed by atoms with van der Waals surface area (Å²) >= 11 is 6.36. The minimum absolute atomic E-state index is 0.00501. The molecule has 8 heteroatoms. The van der Waals surface area contributed by atoms with Crippen LogP contribution in [0.15, 0.2) is 12.3 Å². The predicted octanol–water partition coefficient (Wildman–Crippen LogP) is 1.72. The van der Waals surface area contributed by atoms with E-state index in [9.17, 15) is 9.59 Å². The molecule has 1 aromatic rings. The van der Waals surface area contributed by atoms with Crippen LogP contribution in [0, 0.1) is 0 Å². The Morgan fingerprint density at radius 1 is 1.19 bits per heavy atom. The zero-order valence-electron chi connectivity index (χ0n) is 14.9. The molecular weight excluding hydrogens is 354 g/mol. The summed E-state index contributed by atoms with van der Waals surface area (Å²) in [6.07, 6.45) is 6.68. The van der Waals surface area contributed by atoms with Crippen molar-refractivity contribution >= 4 is 29.2 Å². The number of halogens is 1. The molecule has 0 spiro atoms. The number of hydrogen-bond acceptors (Lipinski definition) is 5. The number of aromatic nitrogens is 1. The van der Waals surface area contributed by atoms with Gasteiger partial charge in [0, 0.05) is 38.4 Å². The first kappa shape index (κ1) is 18.9. The van der Waals surface area contributed by atoms with Gasteiger partial charge in [0.05, 0.1) is 17.1 Å². The van der Waals surface area contributed by atoms with E-state index in [-0.39, 0.29) is 17.9 Å². The molecule has 0 aromatic carbocycles. The van der Waals surface area contributed by atoms with Gasteiger partial charge in [-0.25, -0.2) is 4.98 Å². The van der Waals surface area contributed by atoms with Crippen molar-refractivity contribution in [1.82, 2.24) is 14.8 Å². The Morgan fingerprint density at radius 2 is 1.88 bits per heavy atom. The zero-order valence-corrected chi connectivity index (χ0v) is 15.7. The van der Waals surface area contributed by atoms with Crippen LogP contribution in [-0.2, 0) is 4.79 Å². The van der Waals surface area contributed by atoms with Gasteiger partial charge in [0.2, 0.25) is 5.91 Å². The number of piperidine rings is 2. The van der Waals surface area contributed by atoms with Crippen molar-refractivity contribution in [1.29, 1.82) is 0 Å². The molecule has 3 heterocycles. The molecule has 0 atom stereocenters. The molecule has 2 fully saturated rings. The number of carbonyl (C=O) groups is 2. The van der Waals surface area contributed by atoms with E-state index in [0.717, 1.165) is 51.9 Å². The third kappa shape index (κ3) is 4.86. The van der Waals surface area contributed by atoms with Crippen molar-refractivity contribution < 1.29 is 9.59 Å². The van der Waals surface area contributed by atoms with E-state index in [1.807, 2.05) is 4.90 Å². The van der Waals surface area contributed by atoms with E-state index >= 15 is 0 Å². The summed E-state index contributed by atoms with van der Waals surface area (Å²) in [6, 6.07) is 1.95. The maximum absolute atomic E-state index is 12.5. The first-order valence-electron chi connectivity index (χ1n) is 9.25. The van der Waals surface area contributed by atoms with Gasteiger partial charge in [-0.3, -0.25) is 14.5 Å². The number of nitrogens with two attached hydrogens (primary N) is 1. The molecule has 7 nitrogen and oxygen atoms in total. The average molecular weight is 380 g/mol. The van der Waals surface area contributed by atoms with Crippen LogP contribution in [0.4, 0.5) is 5.82 Å². The summed E-state index contributed by atoms with van der Waals surface area (Å²) in [5.41, 5.74) is 5.78. The van der Waals surface area contributed by atoms with Gasteiger partial charge in [0.25, 0.3) is 5.91 Å². The lowest BCUT2D eigenvalue weighted by Crippen LogP contribution is -2.43. The van der Waals surface area contributed by atoms with Crippen LogP contribution in [-0.4, -0.2) is 65.4 Å². The number of amides is 2. The number of pyridine rings is 1. The lowest BCUT2D eigenvalue weighted by molar-refractivity contribution is -0.119. The van der Waals surface area contributed by atoms with Gasteiger partial charge in [-0.2, -0.15) is 0 Å². The fourth-order valence-electron chi connectivity index (χ4n) is 3.59. The van der Waals surface area contributed by atoms with Crippen LogP contribution in [0.3, 0.4) is 0 Å². The number of rotatable bonds is 5. The average Bonchev–Trinajstić information content (AvgIpc) is 2.64. The highest BCUT2D eigenvalue weighted by Gasteiger charge is 2.22. The second-order valence-electron chi connectivity index (χ2n) is 7.07. The number of anilines is 1. The highest BCUT2D eigenvalue weighted by molar-refractivity contribution is 6.33. The van der Waals surface area contributed by atoms with E-state index < -0.39 is 0 Å². The third-order valence-corrected chi connectivity index (χ3v) is 5.33. The van der Waals surface area contributed by atoms with Crippen molar-refractivity contribution in [3.05, 3.63) is 22.8 Å². The molecule has 2 aliphatic rings. The van der Waals surface area contributed by atoms with E-state index in [1.165, 1.54) is 6.42 Å². The fourth-order valence-corrected chi connectivity index (χ4v) is 3.81. The Hall–Kier alpha value is -1.86. The largest absolute Gasteiger partial charge is 0.369 e. The zero-order chi connectivity index (χ0) is 18.5. The van der Waals surface area contributed by atoms with Crippen molar-refractivity contribution in [3.63, 3.8) is 0 Å². The minimum atomic E-state index is -0.296. The summed E-state index contributed by atoms with van der Waals surface area (Å²) in [7, 11) is 0. The van der Waals surface area contributed by atoms with Gasteiger partial charge in [0.15, 0.2) is 0 Å². The van der Waals surface area contributed by atoms with Crippen molar-refractivity contribution in [2.45, 2.75) is 38.1 Å². The maximum atomic E-state index is 12.5. The molecule has 2 saturated heterocycles. The van der Waals surface area contributed by atoms with Gasteiger partial charge >= 0.3 is 0 Å². The van der Waals surface area contributed by atoms with Crippen LogP contribution in [0.2, 0.25) is 5.02 Å². The summed E-state index contributed by atoms with van der Waals surface area (Å²) in [5, 5.41) is 3.82. The molecule has 0 saturated carbocycles. The van der Waals surface area contributed by atoms with E-state index in [0.29, 0.717) is 22.9 Å². The van der Waals surface area contributed by atoms with E-state index in [4.69, 9.17) is 17.3 Å². The molecule has 26 heavy (non-hydrogen) atoms. The standard InChI is InChI=1S/C18H26ClN5O2/c19-15-10-13(18(26)24-6-2-1-3-7-24)11-21-17(15)22-14-4-8-23(9-5-14)12-16(20)25/h10-11,14H,1-9,12H2,(H2,20,25)(H,21,22). The molecule has 3 N–H and O–H groups in total. The lowest BCUT2D eigenvalue weighted by atomic mass is 10.0. The Labute approximate surface area is 158 Å². The monoisotopic (exact) mass is 379 g/mol. The van der Waals surface area contributed by atoms with Crippen LogP contribution >= 0.6 is 11.6 Å². The number of hydrogen-bond donors (Lipinski definition) is 2. The number of nitrogens with zero attached hydrogens (tertiary/aromatic N) is 3. The summed E-state index contributed by atoms with van der Waals surface area (Å²) in [4.78, 5) is 31.8. The Kier molecular flexibility index (Phi) is 6.32. The Bertz CT molecular complexity index is 655. The molecular formula is C18H26ClN5O2. The molecule has 0 radical (unpaired) electrons. The Morgan fingerprint density at radius 3 is 2.50 bits per heavy atom. The van der Waals surface area contributed by atoms with Gasteiger partial charge in [-0.05, 0) is 38.2 Å². The van der Waals surface area contributed by atoms with Gasteiger partial charge in [-0.15, -0.1) is 0 Å². The second kappa shape index (κ2) is 8.68. The molecule has 0 bridgehead atoms. The summed E-state index contributed by atoms with van der Waals surface area (Å²) in [6.45, 7) is 3.53. The van der Waals surface area contributed by atoms with Crippen LogP contribution < -0.4 is 11.1 Å². The number of primary amides is 1. The van der Waals surface area contributed by atoms with Gasteiger partial charge < -0.3 is 16.0 Å². The maximum Gasteiger partial charge on any atom is 0.255 e. The normalized spacial score (nSPS) is 19.3. The summed E-state index contributed by atoms with van der Waals surface area (Å²) < 4.78 is 0. The molecule has 1 aromatic heterocycles. The molecule has 0 aliphatic carbocycles. The first-order chi connectivity index (χ1) is 12.5. The topological polar surface area (TPSA) is 91.6 Å². The molecule has 0 unspecified atom stereocenters. The van der Waals surface area contributed by atoms with E-state index in [1.54, 1.807) is 12.3 Å². The lowest BCUT2D eigenvalue weighted by Gasteiger charge is -2.32. The second-order valence-corrected chi connectivity index (χ2v) is 7.48. The third-order valence-electron chi connectivity index (χ3n) is 5.04. The molecule has 2 amide bonds. The van der Waals surface area contributed by atoms with Crippen LogP contribution in [0.1, 0.15) is 42.5 Å². The minimum Gasteiger partial charge on any atom is -0.369 e. The Balaban J connectivity index is 1.56. The number of nitrogens with one attached hydrogen (secondary N) is 1.